The topological polar surface area (TPSA) is 128 Å². The summed E-state index contributed by atoms with van der Waals surface area (Å²) >= 11 is 0. The van der Waals surface area contributed by atoms with Gasteiger partial charge in [0.1, 0.15) is 11.4 Å². The summed E-state index contributed by atoms with van der Waals surface area (Å²) in [5.74, 6) is 0.586. The number of methoxy groups -OCH3 is 1. The highest BCUT2D eigenvalue weighted by Crippen LogP contribution is 2.36. The second kappa shape index (κ2) is 8.05. The largest absolute Gasteiger partial charge is 0.491 e. The maximum Gasteiger partial charge on any atom is 0.309 e. The number of nitrogens with zero attached hydrogens (tertiary/aromatic N) is 7. The molecule has 27 heavy (non-hydrogen) atoms. The van der Waals surface area contributed by atoms with Crippen LogP contribution in [0.2, 0.25) is 0 Å². The maximum absolute atomic E-state index is 11.7. The van der Waals surface area contributed by atoms with Crippen LogP contribution in [0, 0.1) is 18.8 Å². The van der Waals surface area contributed by atoms with E-state index in [9.17, 15) is 4.79 Å². The van der Waals surface area contributed by atoms with Gasteiger partial charge in [-0.25, -0.2) is 4.98 Å². The molecule has 1 saturated carbocycles. The van der Waals surface area contributed by atoms with E-state index >= 15 is 0 Å². The van der Waals surface area contributed by atoms with Gasteiger partial charge in [0.15, 0.2) is 0 Å². The lowest BCUT2D eigenvalue weighted by atomic mass is 9.74. The smallest absolute Gasteiger partial charge is 0.309 e. The third-order valence-corrected chi connectivity index (χ3v) is 4.88. The molecule has 1 fully saturated rings. The molecule has 2 unspecified atom stereocenters. The number of carbonyl (C=O) groups excluding carboxylic acids is 1. The van der Waals surface area contributed by atoms with E-state index in [2.05, 4.69) is 25.3 Å². The summed E-state index contributed by atoms with van der Waals surface area (Å²) < 4.78 is 12.3. The lowest BCUT2D eigenvalue weighted by Crippen LogP contribution is -2.37. The SMILES string of the molecule is COC(=O)C1CCC1COc1ccc(-c2nnn(C)c2CN=[N+]=[N-])nc1C. The first-order chi connectivity index (χ1) is 13.0. The van der Waals surface area contributed by atoms with E-state index < -0.39 is 0 Å². The minimum absolute atomic E-state index is 0.0784. The Morgan fingerprint density at radius 3 is 2.89 bits per heavy atom. The predicted octanol–water partition coefficient (Wildman–Crippen LogP) is 2.57. The Kier molecular flexibility index (Phi) is 5.56. The van der Waals surface area contributed by atoms with E-state index in [0.717, 1.165) is 12.8 Å². The van der Waals surface area contributed by atoms with Crippen molar-refractivity contribution in [3.63, 3.8) is 0 Å². The fourth-order valence-electron chi connectivity index (χ4n) is 3.11. The molecule has 0 aliphatic heterocycles. The average molecular weight is 371 g/mol. The number of aromatic nitrogens is 4. The summed E-state index contributed by atoms with van der Waals surface area (Å²) in [4.78, 5) is 19.0. The summed E-state index contributed by atoms with van der Waals surface area (Å²) in [6.07, 6.45) is 1.80. The zero-order chi connectivity index (χ0) is 19.4. The van der Waals surface area contributed by atoms with Crippen molar-refractivity contribution >= 4 is 5.97 Å². The number of rotatable bonds is 7. The molecule has 0 bridgehead atoms. The first-order valence-corrected chi connectivity index (χ1v) is 8.63. The summed E-state index contributed by atoms with van der Waals surface area (Å²) in [5.41, 5.74) is 11.1. The van der Waals surface area contributed by atoms with Gasteiger partial charge >= 0.3 is 5.97 Å². The Labute approximate surface area is 156 Å². The average Bonchev–Trinajstić information content (AvgIpc) is 3.00. The van der Waals surface area contributed by atoms with Crippen molar-refractivity contribution in [1.82, 2.24) is 20.0 Å². The van der Waals surface area contributed by atoms with Gasteiger partial charge in [-0.05, 0) is 37.4 Å². The maximum atomic E-state index is 11.7. The van der Waals surface area contributed by atoms with Gasteiger partial charge in [0.05, 0.1) is 43.3 Å². The molecule has 0 aromatic carbocycles. The molecule has 10 nitrogen and oxygen atoms in total. The summed E-state index contributed by atoms with van der Waals surface area (Å²) in [5, 5.41) is 11.7. The molecule has 10 heteroatoms. The Hall–Kier alpha value is -3.13. The van der Waals surface area contributed by atoms with Crippen molar-refractivity contribution in [1.29, 1.82) is 0 Å². The monoisotopic (exact) mass is 371 g/mol. The highest BCUT2D eigenvalue weighted by Gasteiger charge is 2.37. The Morgan fingerprint density at radius 2 is 2.26 bits per heavy atom. The van der Waals surface area contributed by atoms with Gasteiger partial charge in [-0.2, -0.15) is 0 Å². The Morgan fingerprint density at radius 1 is 1.44 bits per heavy atom. The predicted molar refractivity (Wildman–Crippen MR) is 95.5 cm³/mol. The molecular formula is C17H21N7O3. The molecule has 1 aliphatic rings. The van der Waals surface area contributed by atoms with E-state index in [1.54, 1.807) is 17.8 Å². The van der Waals surface area contributed by atoms with E-state index in [4.69, 9.17) is 15.0 Å². The molecule has 2 aromatic rings. The quantitative estimate of drug-likeness (QED) is 0.318. The van der Waals surface area contributed by atoms with Gasteiger partial charge in [-0.15, -0.1) is 5.10 Å². The number of carbonyl (C=O) groups is 1. The van der Waals surface area contributed by atoms with Crippen LogP contribution in [0.4, 0.5) is 0 Å². The zero-order valence-corrected chi connectivity index (χ0v) is 15.5. The van der Waals surface area contributed by atoms with Crippen molar-refractivity contribution in [3.8, 4) is 17.1 Å². The van der Waals surface area contributed by atoms with Gasteiger partial charge in [-0.3, -0.25) is 9.48 Å². The molecule has 0 radical (unpaired) electrons. The number of pyridine rings is 1. The number of azide groups is 1. The minimum Gasteiger partial charge on any atom is -0.491 e. The second-order valence-corrected chi connectivity index (χ2v) is 6.46. The van der Waals surface area contributed by atoms with Crippen LogP contribution >= 0.6 is 0 Å². The van der Waals surface area contributed by atoms with Crippen LogP contribution < -0.4 is 4.74 Å². The molecule has 0 amide bonds. The minimum atomic E-state index is -0.171. The van der Waals surface area contributed by atoms with Crippen LogP contribution in [0.15, 0.2) is 17.2 Å². The molecule has 2 aromatic heterocycles. The van der Waals surface area contributed by atoms with Gasteiger partial charge in [0.2, 0.25) is 0 Å². The number of hydrogen-bond acceptors (Lipinski definition) is 7. The van der Waals surface area contributed by atoms with Crippen LogP contribution in [-0.2, 0) is 23.1 Å². The first kappa shape index (κ1) is 18.7. The molecule has 0 spiro atoms. The molecule has 0 N–H and O–H groups in total. The summed E-state index contributed by atoms with van der Waals surface area (Å²) in [6.45, 7) is 2.45. The van der Waals surface area contributed by atoms with Crippen molar-refractivity contribution in [2.45, 2.75) is 26.3 Å². The highest BCUT2D eigenvalue weighted by atomic mass is 16.5. The van der Waals surface area contributed by atoms with Crippen molar-refractivity contribution in [2.24, 2.45) is 24.0 Å². The molecular weight excluding hydrogens is 350 g/mol. The fraction of sp³-hybridized carbons (Fsp3) is 0.529. The third-order valence-electron chi connectivity index (χ3n) is 4.88. The third kappa shape index (κ3) is 3.85. The summed E-state index contributed by atoms with van der Waals surface area (Å²) in [6, 6.07) is 3.62. The van der Waals surface area contributed by atoms with Gasteiger partial charge in [0.25, 0.3) is 0 Å². The molecule has 2 atom stereocenters. The number of esters is 1. The zero-order valence-electron chi connectivity index (χ0n) is 15.5. The van der Waals surface area contributed by atoms with Gasteiger partial charge < -0.3 is 9.47 Å². The molecule has 0 saturated heterocycles. The molecule has 1 aliphatic carbocycles. The standard InChI is InChI=1S/C17H21N7O3/c1-10-15(27-9-11-4-5-12(11)17(25)26-3)7-6-13(20-10)16-14(8-19-22-18)24(2)23-21-16/h6-7,11-12H,4-5,8-9H2,1-3H3. The van der Waals surface area contributed by atoms with E-state index in [1.807, 2.05) is 13.0 Å². The second-order valence-electron chi connectivity index (χ2n) is 6.46. The van der Waals surface area contributed by atoms with Crippen LogP contribution in [0.5, 0.6) is 5.75 Å². The normalized spacial score (nSPS) is 18.3. The lowest BCUT2D eigenvalue weighted by Gasteiger charge is -2.34. The van der Waals surface area contributed by atoms with Gasteiger partial charge in [-0.1, -0.05) is 10.3 Å². The highest BCUT2D eigenvalue weighted by molar-refractivity contribution is 5.73. The Bertz CT molecular complexity index is 889. The fourth-order valence-corrected chi connectivity index (χ4v) is 3.11. The first-order valence-electron chi connectivity index (χ1n) is 8.63. The number of aryl methyl sites for hydroxylation is 2. The van der Waals surface area contributed by atoms with E-state index in [1.165, 1.54) is 7.11 Å². The van der Waals surface area contributed by atoms with E-state index in [-0.39, 0.29) is 24.3 Å². The molecule has 3 rings (SSSR count). The van der Waals surface area contributed by atoms with Crippen LogP contribution in [0.25, 0.3) is 21.8 Å². The summed E-state index contributed by atoms with van der Waals surface area (Å²) in [7, 11) is 3.15. The number of ether oxygens (including phenoxy) is 2. The van der Waals surface area contributed by atoms with E-state index in [0.29, 0.717) is 35.1 Å². The van der Waals surface area contributed by atoms with Crippen molar-refractivity contribution < 1.29 is 14.3 Å². The molecule has 2 heterocycles. The van der Waals surface area contributed by atoms with Crippen molar-refractivity contribution in [2.75, 3.05) is 13.7 Å². The van der Waals surface area contributed by atoms with Gasteiger partial charge in [0, 0.05) is 17.9 Å². The van der Waals surface area contributed by atoms with Crippen LogP contribution in [0.3, 0.4) is 0 Å². The molecule has 142 valence electrons. The Balaban J connectivity index is 1.71. The van der Waals surface area contributed by atoms with Crippen LogP contribution in [0.1, 0.15) is 24.2 Å². The van der Waals surface area contributed by atoms with Crippen LogP contribution in [-0.4, -0.2) is 39.7 Å². The lowest BCUT2D eigenvalue weighted by molar-refractivity contribution is -0.152. The van der Waals surface area contributed by atoms with Crippen molar-refractivity contribution in [3.05, 3.63) is 34.0 Å². The number of hydrogen-bond donors (Lipinski definition) is 0.